The van der Waals surface area contributed by atoms with Gasteiger partial charge in [0.25, 0.3) is 11.6 Å². The summed E-state index contributed by atoms with van der Waals surface area (Å²) >= 11 is 0. The first-order valence-corrected chi connectivity index (χ1v) is 5.82. The molecule has 1 N–H and O–H groups in total. The third kappa shape index (κ3) is 1.95. The molecular formula is C14H10N2O3. The molecule has 5 heteroatoms. The fourth-order valence-corrected chi connectivity index (χ4v) is 2.23. The number of nitrogens with one attached hydrogen (secondary N) is 1. The number of nitrogens with zero attached hydrogens (tertiary/aromatic N) is 1. The van der Waals surface area contributed by atoms with Gasteiger partial charge in [-0.15, -0.1) is 0 Å². The Balaban J connectivity index is 2.13. The smallest absolute Gasteiger partial charge is 0.270 e. The maximum absolute atomic E-state index is 12.1. The number of fused-ring (bicyclic) bond motifs is 2. The molecule has 0 bridgehead atoms. The first-order valence-electron chi connectivity index (χ1n) is 5.82. The molecule has 0 radical (unpaired) electrons. The molecule has 1 aliphatic heterocycles. The van der Waals surface area contributed by atoms with Gasteiger partial charge in [-0.2, -0.15) is 0 Å². The second-order valence-corrected chi connectivity index (χ2v) is 4.39. The van der Waals surface area contributed by atoms with Crippen molar-refractivity contribution in [1.29, 1.82) is 0 Å². The van der Waals surface area contributed by atoms with Crippen molar-refractivity contribution in [2.24, 2.45) is 0 Å². The predicted octanol–water partition coefficient (Wildman–Crippen LogP) is 2.75. The topological polar surface area (TPSA) is 72.2 Å². The van der Waals surface area contributed by atoms with Crippen molar-refractivity contribution in [1.82, 2.24) is 0 Å². The normalized spacial score (nSPS) is 12.9. The van der Waals surface area contributed by atoms with Crippen LogP contribution in [0, 0.1) is 10.1 Å². The molecule has 0 spiro atoms. The van der Waals surface area contributed by atoms with Gasteiger partial charge in [-0.1, -0.05) is 24.3 Å². The first-order chi connectivity index (χ1) is 9.15. The molecule has 2 aromatic carbocycles. The Morgan fingerprint density at radius 1 is 1.11 bits per heavy atom. The number of nitro benzene ring substituents is 1. The minimum Gasteiger partial charge on any atom is -0.322 e. The van der Waals surface area contributed by atoms with Crippen LogP contribution < -0.4 is 5.32 Å². The van der Waals surface area contributed by atoms with Crippen molar-refractivity contribution in [3.8, 4) is 0 Å². The molecule has 5 nitrogen and oxygen atoms in total. The van der Waals surface area contributed by atoms with Gasteiger partial charge in [-0.25, -0.2) is 0 Å². The minimum absolute atomic E-state index is 0.0696. The quantitative estimate of drug-likeness (QED) is 0.628. The zero-order valence-corrected chi connectivity index (χ0v) is 9.92. The maximum Gasteiger partial charge on any atom is 0.270 e. The van der Waals surface area contributed by atoms with Crippen LogP contribution in [0.15, 0.2) is 42.5 Å². The number of hydrogen-bond acceptors (Lipinski definition) is 3. The molecule has 19 heavy (non-hydrogen) atoms. The molecular weight excluding hydrogens is 244 g/mol. The lowest BCUT2D eigenvalue weighted by atomic mass is 10.00. The van der Waals surface area contributed by atoms with E-state index in [0.29, 0.717) is 12.0 Å². The second-order valence-electron chi connectivity index (χ2n) is 4.39. The van der Waals surface area contributed by atoms with E-state index in [1.165, 1.54) is 12.1 Å². The van der Waals surface area contributed by atoms with Crippen molar-refractivity contribution in [3.05, 3.63) is 69.3 Å². The lowest BCUT2D eigenvalue weighted by molar-refractivity contribution is -0.384. The summed E-state index contributed by atoms with van der Waals surface area (Å²) < 4.78 is 0. The van der Waals surface area contributed by atoms with E-state index in [1.54, 1.807) is 6.07 Å². The lowest BCUT2D eigenvalue weighted by Gasteiger charge is -2.04. The number of amides is 1. The van der Waals surface area contributed by atoms with Crippen LogP contribution in [-0.2, 0) is 6.42 Å². The average molecular weight is 254 g/mol. The highest BCUT2D eigenvalue weighted by Crippen LogP contribution is 2.28. The van der Waals surface area contributed by atoms with Crippen LogP contribution in [0.5, 0.6) is 0 Å². The van der Waals surface area contributed by atoms with Gasteiger partial charge in [0.1, 0.15) is 0 Å². The summed E-state index contributed by atoms with van der Waals surface area (Å²) in [6.07, 6.45) is 0.586. The highest BCUT2D eigenvalue weighted by Gasteiger charge is 2.21. The Morgan fingerprint density at radius 3 is 2.68 bits per heavy atom. The van der Waals surface area contributed by atoms with Gasteiger partial charge in [0.05, 0.1) is 10.5 Å². The molecule has 94 valence electrons. The van der Waals surface area contributed by atoms with Crippen molar-refractivity contribution >= 4 is 17.3 Å². The molecule has 1 heterocycles. The van der Waals surface area contributed by atoms with E-state index >= 15 is 0 Å². The summed E-state index contributed by atoms with van der Waals surface area (Å²) in [7, 11) is 0. The largest absolute Gasteiger partial charge is 0.322 e. The Morgan fingerprint density at radius 2 is 1.89 bits per heavy atom. The van der Waals surface area contributed by atoms with Gasteiger partial charge in [0.15, 0.2) is 0 Å². The van der Waals surface area contributed by atoms with E-state index in [2.05, 4.69) is 5.32 Å². The fraction of sp³-hybridized carbons (Fsp3) is 0.0714. The fourth-order valence-electron chi connectivity index (χ4n) is 2.23. The zero-order valence-electron chi connectivity index (χ0n) is 9.92. The predicted molar refractivity (Wildman–Crippen MR) is 70.3 cm³/mol. The number of non-ortho nitro benzene ring substituents is 1. The monoisotopic (exact) mass is 254 g/mol. The number of anilines is 1. The van der Waals surface area contributed by atoms with E-state index in [4.69, 9.17) is 0 Å². The van der Waals surface area contributed by atoms with Crippen LogP contribution in [-0.4, -0.2) is 10.8 Å². The molecule has 0 aromatic heterocycles. The summed E-state index contributed by atoms with van der Waals surface area (Å²) in [4.78, 5) is 22.4. The van der Waals surface area contributed by atoms with Crippen molar-refractivity contribution in [3.63, 3.8) is 0 Å². The van der Waals surface area contributed by atoms with Gasteiger partial charge >= 0.3 is 0 Å². The van der Waals surface area contributed by atoms with E-state index < -0.39 is 4.92 Å². The maximum atomic E-state index is 12.1. The molecule has 0 saturated heterocycles. The number of carbonyl (C=O) groups excluding carboxylic acids is 1. The van der Waals surface area contributed by atoms with E-state index in [0.717, 1.165) is 16.8 Å². The number of carbonyl (C=O) groups is 1. The van der Waals surface area contributed by atoms with Crippen LogP contribution in [0.3, 0.4) is 0 Å². The van der Waals surface area contributed by atoms with Gasteiger partial charge in [0.2, 0.25) is 0 Å². The highest BCUT2D eigenvalue weighted by atomic mass is 16.6. The van der Waals surface area contributed by atoms with Crippen molar-refractivity contribution < 1.29 is 9.72 Å². The summed E-state index contributed by atoms with van der Waals surface area (Å²) in [5.74, 6) is -0.302. The minimum atomic E-state index is -0.494. The molecule has 0 atom stereocenters. The van der Waals surface area contributed by atoms with Crippen LogP contribution >= 0.6 is 0 Å². The number of hydrogen-bond donors (Lipinski definition) is 1. The van der Waals surface area contributed by atoms with Crippen molar-refractivity contribution in [2.75, 3.05) is 5.32 Å². The van der Waals surface area contributed by atoms with Crippen LogP contribution in [0.4, 0.5) is 11.4 Å². The second kappa shape index (κ2) is 4.20. The molecule has 1 amide bonds. The number of nitro groups is 1. The molecule has 2 aromatic rings. The average Bonchev–Trinajstić information content (AvgIpc) is 2.54. The van der Waals surface area contributed by atoms with E-state index in [1.807, 2.05) is 24.3 Å². The summed E-state index contributed by atoms with van der Waals surface area (Å²) in [5.41, 5.74) is 2.85. The third-order valence-corrected chi connectivity index (χ3v) is 3.20. The van der Waals surface area contributed by atoms with Gasteiger partial charge in [-0.05, 0) is 17.2 Å². The van der Waals surface area contributed by atoms with Gasteiger partial charge < -0.3 is 5.32 Å². The molecule has 0 fully saturated rings. The number of rotatable bonds is 1. The Labute approximate surface area is 109 Å². The molecule has 0 unspecified atom stereocenters. The van der Waals surface area contributed by atoms with Gasteiger partial charge in [-0.3, -0.25) is 14.9 Å². The standard InChI is InChI=1S/C14H10N2O3/c17-14-12-8-11(16(18)19)6-5-9(12)7-10-3-1-2-4-13(10)15-14/h1-6,8H,7H2,(H,15,17). The van der Waals surface area contributed by atoms with Crippen LogP contribution in [0.2, 0.25) is 0 Å². The van der Waals surface area contributed by atoms with Crippen molar-refractivity contribution in [2.45, 2.75) is 6.42 Å². The number of para-hydroxylation sites is 1. The third-order valence-electron chi connectivity index (χ3n) is 3.20. The summed E-state index contributed by atoms with van der Waals surface area (Å²) in [6.45, 7) is 0. The SMILES string of the molecule is O=C1Nc2ccccc2Cc2ccc([N+](=O)[O-])cc21. The molecule has 0 saturated carbocycles. The molecule has 0 aliphatic carbocycles. The molecule has 3 rings (SSSR count). The zero-order chi connectivity index (χ0) is 13.4. The molecule has 1 aliphatic rings. The van der Waals surface area contributed by atoms with Crippen LogP contribution in [0.1, 0.15) is 21.5 Å². The highest BCUT2D eigenvalue weighted by molar-refractivity contribution is 6.07. The van der Waals surface area contributed by atoms with Gasteiger partial charge in [0, 0.05) is 24.2 Å². The summed E-state index contributed by atoms with van der Waals surface area (Å²) in [6, 6.07) is 11.9. The Kier molecular flexibility index (Phi) is 2.52. The lowest BCUT2D eigenvalue weighted by Crippen LogP contribution is -2.12. The Hall–Kier alpha value is -2.69. The number of benzene rings is 2. The van der Waals surface area contributed by atoms with E-state index in [9.17, 15) is 14.9 Å². The summed E-state index contributed by atoms with van der Waals surface area (Å²) in [5, 5.41) is 13.6. The van der Waals surface area contributed by atoms with E-state index in [-0.39, 0.29) is 11.6 Å². The Bertz CT molecular complexity index is 695. The first kappa shape index (κ1) is 11.4. The van der Waals surface area contributed by atoms with Crippen LogP contribution in [0.25, 0.3) is 0 Å².